The zero-order chi connectivity index (χ0) is 13.4. The molecule has 1 unspecified atom stereocenters. The molecular formula is C17H28O. The van der Waals surface area contributed by atoms with Crippen LogP contribution in [0.2, 0.25) is 0 Å². The van der Waals surface area contributed by atoms with Crippen LogP contribution in [0.5, 0.6) is 0 Å². The van der Waals surface area contributed by atoms with Gasteiger partial charge in [0.2, 0.25) is 0 Å². The minimum atomic E-state index is -0.259. The van der Waals surface area contributed by atoms with E-state index < -0.39 is 0 Å². The highest BCUT2D eigenvalue weighted by Gasteiger charge is 2.02. The molecule has 1 rings (SSSR count). The van der Waals surface area contributed by atoms with E-state index in [-0.39, 0.29) is 6.10 Å². The number of allylic oxidation sites excluding steroid dienone is 5. The summed E-state index contributed by atoms with van der Waals surface area (Å²) < 4.78 is 0. The van der Waals surface area contributed by atoms with Crippen molar-refractivity contribution in [1.29, 1.82) is 0 Å². The van der Waals surface area contributed by atoms with Gasteiger partial charge in [-0.25, -0.2) is 0 Å². The summed E-state index contributed by atoms with van der Waals surface area (Å²) in [5.74, 6) is 0. The molecule has 0 saturated carbocycles. The third kappa shape index (κ3) is 6.80. The Bertz CT molecular complexity index is 334. The van der Waals surface area contributed by atoms with E-state index >= 15 is 0 Å². The number of aliphatic hydroxyl groups is 1. The summed E-state index contributed by atoms with van der Waals surface area (Å²) in [6.07, 6.45) is 14.1. The highest BCUT2D eigenvalue weighted by Crippen LogP contribution is 2.16. The van der Waals surface area contributed by atoms with Crippen LogP contribution in [0, 0.1) is 0 Å². The Labute approximate surface area is 112 Å². The van der Waals surface area contributed by atoms with E-state index in [1.54, 1.807) is 0 Å². The maximum atomic E-state index is 9.92. The van der Waals surface area contributed by atoms with Crippen molar-refractivity contribution in [3.8, 4) is 0 Å². The Balaban J connectivity index is 2.65. The molecule has 1 aliphatic carbocycles. The van der Waals surface area contributed by atoms with Crippen LogP contribution in [-0.4, -0.2) is 11.2 Å². The van der Waals surface area contributed by atoms with E-state index in [1.807, 2.05) is 6.08 Å². The van der Waals surface area contributed by atoms with Crippen LogP contribution in [0.1, 0.15) is 65.7 Å². The van der Waals surface area contributed by atoms with Crippen molar-refractivity contribution in [3.63, 3.8) is 0 Å². The average molecular weight is 248 g/mol. The molecule has 0 aromatic rings. The SMILES string of the molecule is C/C1=C/C(O)CCC/C(C)=C\CC/C(C)=C/CC1. The first-order valence-corrected chi connectivity index (χ1v) is 7.24. The third-order valence-corrected chi connectivity index (χ3v) is 3.61. The molecule has 0 fully saturated rings. The van der Waals surface area contributed by atoms with Gasteiger partial charge in [-0.2, -0.15) is 0 Å². The van der Waals surface area contributed by atoms with E-state index in [0.29, 0.717) is 0 Å². The van der Waals surface area contributed by atoms with Crippen molar-refractivity contribution in [2.75, 3.05) is 0 Å². The van der Waals surface area contributed by atoms with Gasteiger partial charge in [-0.05, 0) is 65.7 Å². The minimum Gasteiger partial charge on any atom is -0.389 e. The van der Waals surface area contributed by atoms with Crippen LogP contribution >= 0.6 is 0 Å². The zero-order valence-corrected chi connectivity index (χ0v) is 12.2. The molecule has 0 spiro atoms. The second kappa shape index (κ2) is 8.31. The molecule has 1 heteroatoms. The fraction of sp³-hybridized carbons (Fsp3) is 0.647. The maximum Gasteiger partial charge on any atom is 0.0723 e. The van der Waals surface area contributed by atoms with Gasteiger partial charge in [0.05, 0.1) is 6.10 Å². The molecule has 0 aliphatic heterocycles. The summed E-state index contributed by atoms with van der Waals surface area (Å²) in [6.45, 7) is 6.56. The Hall–Kier alpha value is -0.820. The number of aliphatic hydroxyl groups excluding tert-OH is 1. The fourth-order valence-corrected chi connectivity index (χ4v) is 2.38. The molecule has 0 saturated heterocycles. The number of hydrogen-bond acceptors (Lipinski definition) is 1. The predicted molar refractivity (Wildman–Crippen MR) is 79.6 cm³/mol. The quantitative estimate of drug-likeness (QED) is 0.603. The van der Waals surface area contributed by atoms with Gasteiger partial charge in [0.25, 0.3) is 0 Å². The summed E-state index contributed by atoms with van der Waals surface area (Å²) in [7, 11) is 0. The highest BCUT2D eigenvalue weighted by molar-refractivity contribution is 5.08. The predicted octanol–water partition coefficient (Wildman–Crippen LogP) is 4.93. The van der Waals surface area contributed by atoms with Crippen molar-refractivity contribution < 1.29 is 5.11 Å². The second-order valence-electron chi connectivity index (χ2n) is 5.65. The number of rotatable bonds is 0. The lowest BCUT2D eigenvalue weighted by atomic mass is 10.0. The van der Waals surface area contributed by atoms with Crippen LogP contribution in [0.3, 0.4) is 0 Å². The van der Waals surface area contributed by atoms with Gasteiger partial charge >= 0.3 is 0 Å². The Morgan fingerprint density at radius 2 is 1.44 bits per heavy atom. The second-order valence-corrected chi connectivity index (χ2v) is 5.65. The van der Waals surface area contributed by atoms with Crippen LogP contribution in [0.25, 0.3) is 0 Å². The standard InChI is InChI=1S/C17H28O/c1-14-7-4-8-15(2)10-6-12-17(18)13-16(3)11-5-9-14/h8-9,13,17-18H,4-7,10-12H2,1-3H3/b14-9+,15-8-,16-13-. The largest absolute Gasteiger partial charge is 0.389 e. The first-order chi connectivity index (χ1) is 8.58. The molecule has 1 atom stereocenters. The molecule has 0 aromatic carbocycles. The third-order valence-electron chi connectivity index (χ3n) is 3.61. The van der Waals surface area contributed by atoms with E-state index in [1.165, 1.54) is 23.1 Å². The van der Waals surface area contributed by atoms with E-state index in [0.717, 1.165) is 38.5 Å². The molecule has 0 amide bonds. The van der Waals surface area contributed by atoms with Crippen molar-refractivity contribution in [2.24, 2.45) is 0 Å². The van der Waals surface area contributed by atoms with Crippen molar-refractivity contribution >= 4 is 0 Å². The highest BCUT2D eigenvalue weighted by atomic mass is 16.3. The lowest BCUT2D eigenvalue weighted by Crippen LogP contribution is -2.03. The first kappa shape index (κ1) is 15.2. The molecular weight excluding hydrogens is 220 g/mol. The molecule has 102 valence electrons. The minimum absolute atomic E-state index is 0.259. The van der Waals surface area contributed by atoms with Gasteiger partial charge in [0.15, 0.2) is 0 Å². The molecule has 0 bridgehead atoms. The van der Waals surface area contributed by atoms with Gasteiger partial charge in [-0.3, -0.25) is 0 Å². The molecule has 0 radical (unpaired) electrons. The normalized spacial score (nSPS) is 33.3. The Kier molecular flexibility index (Phi) is 7.04. The van der Waals surface area contributed by atoms with E-state index in [2.05, 4.69) is 32.9 Å². The molecule has 0 heterocycles. The van der Waals surface area contributed by atoms with E-state index in [9.17, 15) is 5.11 Å². The zero-order valence-electron chi connectivity index (χ0n) is 12.2. The molecule has 1 aliphatic rings. The maximum absolute atomic E-state index is 9.92. The van der Waals surface area contributed by atoms with Crippen LogP contribution in [0.4, 0.5) is 0 Å². The van der Waals surface area contributed by atoms with E-state index in [4.69, 9.17) is 0 Å². The monoisotopic (exact) mass is 248 g/mol. The summed E-state index contributed by atoms with van der Waals surface area (Å²) in [5.41, 5.74) is 4.27. The topological polar surface area (TPSA) is 20.2 Å². The van der Waals surface area contributed by atoms with Crippen molar-refractivity contribution in [3.05, 3.63) is 34.9 Å². The summed E-state index contributed by atoms with van der Waals surface area (Å²) in [5, 5.41) is 9.92. The van der Waals surface area contributed by atoms with Gasteiger partial charge < -0.3 is 5.11 Å². The van der Waals surface area contributed by atoms with Gasteiger partial charge in [0.1, 0.15) is 0 Å². The van der Waals surface area contributed by atoms with Crippen LogP contribution < -0.4 is 0 Å². The molecule has 1 nitrogen and oxygen atoms in total. The first-order valence-electron chi connectivity index (χ1n) is 7.24. The molecule has 0 aromatic heterocycles. The Morgan fingerprint density at radius 1 is 0.889 bits per heavy atom. The summed E-state index contributed by atoms with van der Waals surface area (Å²) in [6, 6.07) is 0. The van der Waals surface area contributed by atoms with Crippen LogP contribution in [-0.2, 0) is 0 Å². The molecule has 1 N–H and O–H groups in total. The van der Waals surface area contributed by atoms with Gasteiger partial charge in [-0.1, -0.05) is 34.9 Å². The lowest BCUT2D eigenvalue weighted by molar-refractivity contribution is 0.208. The average Bonchev–Trinajstić information content (AvgIpc) is 2.27. The van der Waals surface area contributed by atoms with Crippen molar-refractivity contribution in [1.82, 2.24) is 0 Å². The summed E-state index contributed by atoms with van der Waals surface area (Å²) in [4.78, 5) is 0. The lowest BCUT2D eigenvalue weighted by Gasteiger charge is -2.09. The smallest absolute Gasteiger partial charge is 0.0723 e. The number of hydrogen-bond donors (Lipinski definition) is 1. The Morgan fingerprint density at radius 3 is 2.11 bits per heavy atom. The van der Waals surface area contributed by atoms with Gasteiger partial charge in [-0.15, -0.1) is 0 Å². The summed E-state index contributed by atoms with van der Waals surface area (Å²) >= 11 is 0. The fourth-order valence-electron chi connectivity index (χ4n) is 2.38. The van der Waals surface area contributed by atoms with Gasteiger partial charge in [0, 0.05) is 0 Å². The molecule has 18 heavy (non-hydrogen) atoms. The van der Waals surface area contributed by atoms with Crippen molar-refractivity contribution in [2.45, 2.75) is 71.8 Å². The van der Waals surface area contributed by atoms with Crippen LogP contribution in [0.15, 0.2) is 34.9 Å².